The van der Waals surface area contributed by atoms with Crippen LogP contribution in [0.3, 0.4) is 0 Å². The summed E-state index contributed by atoms with van der Waals surface area (Å²) in [5, 5.41) is 4.37. The minimum atomic E-state index is 1.31. The van der Waals surface area contributed by atoms with E-state index in [0.29, 0.717) is 0 Å². The standard InChI is InChI=1S/C18H12S2/c1-3-7-15-13(5-1)9-11-19-17(15)18-16-8-4-2-6-14(16)10-12-20-18/h1-12H. The third kappa shape index (κ3) is 1.96. The number of hydrogen-bond acceptors (Lipinski definition) is 2. The molecule has 0 aliphatic carbocycles. The van der Waals surface area contributed by atoms with E-state index in [-0.39, 0.29) is 0 Å². The zero-order valence-corrected chi connectivity index (χ0v) is 12.4. The molecule has 0 aromatic heterocycles. The quantitative estimate of drug-likeness (QED) is 0.588. The predicted octanol–water partition coefficient (Wildman–Crippen LogP) is 5.95. The maximum atomic E-state index is 2.22. The van der Waals surface area contributed by atoms with E-state index in [1.54, 1.807) is 0 Å². The summed E-state index contributed by atoms with van der Waals surface area (Å²) >= 11 is 3.64. The van der Waals surface area contributed by atoms with Gasteiger partial charge in [-0.3, -0.25) is 0 Å². The van der Waals surface area contributed by atoms with Gasteiger partial charge < -0.3 is 0 Å². The summed E-state index contributed by atoms with van der Waals surface area (Å²) in [5.41, 5.74) is 5.29. The molecule has 0 unspecified atom stereocenters. The number of hydrogen-bond donors (Lipinski definition) is 0. The van der Waals surface area contributed by atoms with Gasteiger partial charge in [-0.2, -0.15) is 0 Å². The molecule has 0 N–H and O–H groups in total. The molecular formula is C18H12S2. The number of rotatable bonds is 0. The molecule has 0 fully saturated rings. The van der Waals surface area contributed by atoms with Gasteiger partial charge >= 0.3 is 0 Å². The fourth-order valence-electron chi connectivity index (χ4n) is 2.53. The van der Waals surface area contributed by atoms with E-state index in [1.165, 1.54) is 32.1 Å². The van der Waals surface area contributed by atoms with Crippen LogP contribution in [0.15, 0.2) is 59.3 Å². The van der Waals surface area contributed by atoms with Crippen LogP contribution in [0, 0.1) is 0 Å². The van der Waals surface area contributed by atoms with E-state index < -0.39 is 0 Å². The molecule has 2 aromatic rings. The second-order valence-electron chi connectivity index (χ2n) is 4.67. The lowest BCUT2D eigenvalue weighted by Gasteiger charge is -2.21. The molecule has 20 heavy (non-hydrogen) atoms. The lowest BCUT2D eigenvalue weighted by molar-refractivity contribution is 1.58. The molecule has 2 aromatic carbocycles. The van der Waals surface area contributed by atoms with Crippen LogP contribution in [-0.4, -0.2) is 0 Å². The molecule has 0 saturated heterocycles. The molecule has 0 amide bonds. The van der Waals surface area contributed by atoms with E-state index in [2.05, 4.69) is 71.5 Å². The Morgan fingerprint density at radius 3 is 1.50 bits per heavy atom. The van der Waals surface area contributed by atoms with Crippen molar-refractivity contribution < 1.29 is 0 Å². The average molecular weight is 292 g/mol. The fraction of sp³-hybridized carbons (Fsp3) is 0. The van der Waals surface area contributed by atoms with Gasteiger partial charge in [-0.15, -0.1) is 0 Å². The maximum Gasteiger partial charge on any atom is 0.0340 e. The molecule has 0 atom stereocenters. The van der Waals surface area contributed by atoms with Gasteiger partial charge in [-0.1, -0.05) is 72.1 Å². The SMILES string of the molecule is C1=Cc2ccccc2C(=C2SC=Cc3ccccc32)S1. The van der Waals surface area contributed by atoms with Gasteiger partial charge in [-0.25, -0.2) is 0 Å². The Balaban J connectivity index is 1.97. The Kier molecular flexibility index (Phi) is 3.06. The second kappa shape index (κ2) is 5.04. The van der Waals surface area contributed by atoms with E-state index in [9.17, 15) is 0 Å². The molecular weight excluding hydrogens is 280 g/mol. The van der Waals surface area contributed by atoms with Crippen LogP contribution in [0.1, 0.15) is 22.3 Å². The van der Waals surface area contributed by atoms with E-state index in [4.69, 9.17) is 0 Å². The summed E-state index contributed by atoms with van der Waals surface area (Å²) in [5.74, 6) is 0. The van der Waals surface area contributed by atoms with E-state index in [1.807, 2.05) is 23.5 Å². The molecule has 0 bridgehead atoms. The third-order valence-corrected chi connectivity index (χ3v) is 5.48. The van der Waals surface area contributed by atoms with E-state index in [0.717, 1.165) is 0 Å². The maximum absolute atomic E-state index is 2.22. The van der Waals surface area contributed by atoms with Crippen LogP contribution in [0.25, 0.3) is 22.0 Å². The number of fused-ring (bicyclic) bond motifs is 2. The van der Waals surface area contributed by atoms with Crippen molar-refractivity contribution in [1.29, 1.82) is 0 Å². The summed E-state index contributed by atoms with van der Waals surface area (Å²) < 4.78 is 0. The minimum Gasteiger partial charge on any atom is -0.0962 e. The Labute approximate surface area is 127 Å². The van der Waals surface area contributed by atoms with Crippen molar-refractivity contribution in [2.24, 2.45) is 0 Å². The van der Waals surface area contributed by atoms with Gasteiger partial charge in [0.05, 0.1) is 0 Å². The largest absolute Gasteiger partial charge is 0.0962 e. The topological polar surface area (TPSA) is 0 Å². The summed E-state index contributed by atoms with van der Waals surface area (Å²) in [7, 11) is 0. The molecule has 2 aliphatic rings. The Hall–Kier alpha value is -1.64. The smallest absolute Gasteiger partial charge is 0.0340 e. The van der Waals surface area contributed by atoms with Crippen molar-refractivity contribution in [3.63, 3.8) is 0 Å². The molecule has 0 saturated carbocycles. The highest BCUT2D eigenvalue weighted by Crippen LogP contribution is 2.48. The van der Waals surface area contributed by atoms with Gasteiger partial charge in [0.25, 0.3) is 0 Å². The van der Waals surface area contributed by atoms with Crippen molar-refractivity contribution in [3.05, 3.63) is 81.6 Å². The first-order valence-corrected chi connectivity index (χ1v) is 8.29. The summed E-state index contributed by atoms with van der Waals surface area (Å²) in [4.78, 5) is 2.73. The number of benzene rings is 2. The van der Waals surface area contributed by atoms with Gasteiger partial charge in [0, 0.05) is 9.81 Å². The van der Waals surface area contributed by atoms with Gasteiger partial charge in [0.15, 0.2) is 0 Å². The average Bonchev–Trinajstić information content (AvgIpc) is 2.54. The predicted molar refractivity (Wildman–Crippen MR) is 92.9 cm³/mol. The van der Waals surface area contributed by atoms with Crippen molar-refractivity contribution in [2.45, 2.75) is 0 Å². The monoisotopic (exact) mass is 292 g/mol. The number of thioether (sulfide) groups is 2. The summed E-state index contributed by atoms with van der Waals surface area (Å²) in [6, 6.07) is 17.2. The van der Waals surface area contributed by atoms with Crippen LogP contribution in [0.2, 0.25) is 0 Å². The van der Waals surface area contributed by atoms with Crippen LogP contribution in [-0.2, 0) is 0 Å². The fourth-order valence-corrected chi connectivity index (χ4v) is 4.58. The first kappa shape index (κ1) is 12.1. The zero-order chi connectivity index (χ0) is 13.4. The highest BCUT2D eigenvalue weighted by atomic mass is 32.2. The van der Waals surface area contributed by atoms with Gasteiger partial charge in [0.1, 0.15) is 0 Å². The Bertz CT molecular complexity index is 701. The van der Waals surface area contributed by atoms with Crippen molar-refractivity contribution in [2.75, 3.05) is 0 Å². The lowest BCUT2D eigenvalue weighted by Crippen LogP contribution is -1.95. The first-order chi connectivity index (χ1) is 9.93. The van der Waals surface area contributed by atoms with Crippen LogP contribution in [0.5, 0.6) is 0 Å². The third-order valence-electron chi connectivity index (χ3n) is 3.48. The Morgan fingerprint density at radius 1 is 0.550 bits per heavy atom. The van der Waals surface area contributed by atoms with Crippen molar-refractivity contribution in [3.8, 4) is 0 Å². The molecule has 2 heterocycles. The first-order valence-electron chi connectivity index (χ1n) is 6.53. The van der Waals surface area contributed by atoms with E-state index >= 15 is 0 Å². The van der Waals surface area contributed by atoms with Crippen molar-refractivity contribution >= 4 is 45.5 Å². The minimum absolute atomic E-state index is 1.31. The highest BCUT2D eigenvalue weighted by molar-refractivity contribution is 8.16. The molecule has 2 aliphatic heterocycles. The summed E-state index contributed by atoms with van der Waals surface area (Å²) in [6.07, 6.45) is 4.39. The van der Waals surface area contributed by atoms with Crippen LogP contribution >= 0.6 is 23.5 Å². The highest BCUT2D eigenvalue weighted by Gasteiger charge is 2.19. The molecule has 96 valence electrons. The normalized spacial score (nSPS) is 19.6. The van der Waals surface area contributed by atoms with Gasteiger partial charge in [0.2, 0.25) is 0 Å². The molecule has 4 rings (SSSR count). The summed E-state index contributed by atoms with van der Waals surface area (Å²) in [6.45, 7) is 0. The van der Waals surface area contributed by atoms with Crippen LogP contribution in [0.4, 0.5) is 0 Å². The molecule has 0 nitrogen and oxygen atoms in total. The lowest BCUT2D eigenvalue weighted by atomic mass is 10.0. The van der Waals surface area contributed by atoms with Crippen LogP contribution < -0.4 is 0 Å². The molecule has 0 radical (unpaired) electrons. The van der Waals surface area contributed by atoms with Gasteiger partial charge in [-0.05, 0) is 45.2 Å². The second-order valence-corrected chi connectivity index (χ2v) is 6.51. The Morgan fingerprint density at radius 2 is 1.00 bits per heavy atom. The van der Waals surface area contributed by atoms with Crippen molar-refractivity contribution in [1.82, 2.24) is 0 Å². The molecule has 0 spiro atoms. The zero-order valence-electron chi connectivity index (χ0n) is 10.7. The molecule has 2 heteroatoms.